The van der Waals surface area contributed by atoms with Crippen molar-refractivity contribution in [2.75, 3.05) is 13.2 Å². The van der Waals surface area contributed by atoms with E-state index in [0.29, 0.717) is 30.6 Å². The number of fused-ring (bicyclic) bond motifs is 3. The molecule has 1 fully saturated rings. The number of hydrogen-bond donors (Lipinski definition) is 1. The zero-order valence-corrected chi connectivity index (χ0v) is 14.1. The molecule has 0 unspecified atom stereocenters. The van der Waals surface area contributed by atoms with E-state index in [0.717, 1.165) is 29.3 Å². The summed E-state index contributed by atoms with van der Waals surface area (Å²) in [4.78, 5) is 11.7. The maximum absolute atomic E-state index is 14.9. The van der Waals surface area contributed by atoms with Gasteiger partial charge in [-0.05, 0) is 37.0 Å². The van der Waals surface area contributed by atoms with Crippen molar-refractivity contribution in [1.82, 2.24) is 4.57 Å². The van der Waals surface area contributed by atoms with Gasteiger partial charge in [-0.15, -0.1) is 0 Å². The minimum Gasteiger partial charge on any atom is -0.478 e. The predicted molar refractivity (Wildman–Crippen MR) is 94.8 cm³/mol. The van der Waals surface area contributed by atoms with Crippen LogP contribution >= 0.6 is 0 Å². The van der Waals surface area contributed by atoms with Gasteiger partial charge in [0.15, 0.2) is 0 Å². The third-order valence-corrected chi connectivity index (χ3v) is 5.17. The smallest absolute Gasteiger partial charge is 0.336 e. The first-order valence-electron chi connectivity index (χ1n) is 8.68. The number of ether oxygens (including phenoxy) is 1. The van der Waals surface area contributed by atoms with Gasteiger partial charge in [-0.3, -0.25) is 0 Å². The number of hydrogen-bond acceptors (Lipinski definition) is 2. The number of halogens is 1. The molecule has 0 bridgehead atoms. The number of carbonyl (C=O) groups is 1. The molecular weight excluding hydrogens is 321 g/mol. The minimum atomic E-state index is -1.08. The van der Waals surface area contributed by atoms with Gasteiger partial charge in [-0.1, -0.05) is 25.1 Å². The second-order valence-electron chi connectivity index (χ2n) is 6.50. The first-order valence-corrected chi connectivity index (χ1v) is 8.68. The van der Waals surface area contributed by atoms with Crippen LogP contribution in [-0.4, -0.2) is 28.9 Å². The van der Waals surface area contributed by atoms with Gasteiger partial charge in [0.25, 0.3) is 0 Å². The van der Waals surface area contributed by atoms with E-state index in [-0.39, 0.29) is 11.6 Å². The Kier molecular flexibility index (Phi) is 3.96. The molecule has 5 heteroatoms. The Morgan fingerprint density at radius 2 is 2.04 bits per heavy atom. The van der Waals surface area contributed by atoms with Crippen LogP contribution in [-0.2, 0) is 11.2 Å². The number of nitrogens with zero attached hydrogens (tertiary/aromatic N) is 1. The molecule has 0 amide bonds. The van der Waals surface area contributed by atoms with Gasteiger partial charge >= 0.3 is 5.97 Å². The van der Waals surface area contributed by atoms with Crippen LogP contribution in [0.25, 0.3) is 21.8 Å². The van der Waals surface area contributed by atoms with E-state index in [1.54, 1.807) is 0 Å². The second-order valence-corrected chi connectivity index (χ2v) is 6.50. The highest BCUT2D eigenvalue weighted by molar-refractivity contribution is 6.11. The summed E-state index contributed by atoms with van der Waals surface area (Å²) < 4.78 is 22.6. The Morgan fingerprint density at radius 1 is 1.32 bits per heavy atom. The van der Waals surface area contributed by atoms with E-state index in [2.05, 4.69) is 4.57 Å². The average Bonchev–Trinajstić information content (AvgIpc) is 2.98. The maximum atomic E-state index is 14.9. The van der Waals surface area contributed by atoms with Crippen molar-refractivity contribution >= 4 is 27.8 Å². The van der Waals surface area contributed by atoms with Gasteiger partial charge in [-0.2, -0.15) is 0 Å². The van der Waals surface area contributed by atoms with Gasteiger partial charge in [0.1, 0.15) is 5.82 Å². The van der Waals surface area contributed by atoms with Crippen molar-refractivity contribution < 1.29 is 19.0 Å². The molecule has 1 aliphatic rings. The lowest BCUT2D eigenvalue weighted by atomic mass is 9.99. The number of para-hydroxylation sites is 1. The number of rotatable bonds is 3. The van der Waals surface area contributed by atoms with E-state index >= 15 is 0 Å². The summed E-state index contributed by atoms with van der Waals surface area (Å²) in [7, 11) is 0. The number of carboxylic acid groups (broad SMARTS) is 1. The highest BCUT2D eigenvalue weighted by atomic mass is 19.1. The zero-order chi connectivity index (χ0) is 17.6. The van der Waals surface area contributed by atoms with E-state index < -0.39 is 11.8 Å². The van der Waals surface area contributed by atoms with Crippen LogP contribution in [0.4, 0.5) is 4.39 Å². The Balaban J connectivity index is 2.17. The molecule has 4 rings (SSSR count). The average molecular weight is 341 g/mol. The van der Waals surface area contributed by atoms with Gasteiger partial charge < -0.3 is 14.4 Å². The molecular formula is C20H20FNO3. The van der Waals surface area contributed by atoms with E-state index in [1.165, 1.54) is 6.07 Å². The fourth-order valence-corrected chi connectivity index (χ4v) is 4.09. The second kappa shape index (κ2) is 6.15. The van der Waals surface area contributed by atoms with Crippen molar-refractivity contribution in [3.8, 4) is 0 Å². The highest BCUT2D eigenvalue weighted by Gasteiger charge is 2.26. The highest BCUT2D eigenvalue weighted by Crippen LogP contribution is 2.39. The summed E-state index contributed by atoms with van der Waals surface area (Å²) >= 11 is 0. The number of aromatic carboxylic acids is 1. The molecule has 0 saturated carbocycles. The van der Waals surface area contributed by atoms with Crippen molar-refractivity contribution in [3.05, 3.63) is 47.3 Å². The summed E-state index contributed by atoms with van der Waals surface area (Å²) in [5.74, 6) is -1.55. The molecule has 0 aliphatic carbocycles. The minimum absolute atomic E-state index is 0.0589. The molecule has 4 nitrogen and oxygen atoms in total. The fraction of sp³-hybridized carbons (Fsp3) is 0.350. The molecule has 2 aromatic carbocycles. The Labute approximate surface area is 144 Å². The Bertz CT molecular complexity index is 970. The van der Waals surface area contributed by atoms with Crippen molar-refractivity contribution in [2.24, 2.45) is 0 Å². The monoisotopic (exact) mass is 341 g/mol. The first-order chi connectivity index (χ1) is 12.1. The van der Waals surface area contributed by atoms with Gasteiger partial charge in [0.2, 0.25) is 0 Å². The first kappa shape index (κ1) is 16.1. The molecule has 130 valence electrons. The van der Waals surface area contributed by atoms with Crippen LogP contribution in [0.1, 0.15) is 41.7 Å². The molecule has 0 spiro atoms. The van der Waals surface area contributed by atoms with E-state index in [1.807, 2.05) is 31.2 Å². The third kappa shape index (κ3) is 2.42. The summed E-state index contributed by atoms with van der Waals surface area (Å²) in [5, 5.41) is 10.9. The van der Waals surface area contributed by atoms with Crippen LogP contribution in [0.3, 0.4) is 0 Å². The van der Waals surface area contributed by atoms with E-state index in [9.17, 15) is 14.3 Å². The van der Waals surface area contributed by atoms with Crippen LogP contribution in [0.5, 0.6) is 0 Å². The predicted octanol–water partition coefficient (Wildman–Crippen LogP) is 4.55. The van der Waals surface area contributed by atoms with Crippen LogP contribution in [0, 0.1) is 5.82 Å². The SMILES string of the molecule is CCc1c(C(=O)O)cc(F)c2c3ccccc3n(C3CCOCC3)c12. The zero-order valence-electron chi connectivity index (χ0n) is 14.1. The lowest BCUT2D eigenvalue weighted by Gasteiger charge is -2.26. The van der Waals surface area contributed by atoms with Crippen molar-refractivity contribution in [3.63, 3.8) is 0 Å². The molecule has 1 N–H and O–H groups in total. The molecule has 2 heterocycles. The van der Waals surface area contributed by atoms with Crippen LogP contribution in [0.15, 0.2) is 30.3 Å². The maximum Gasteiger partial charge on any atom is 0.336 e. The molecule has 25 heavy (non-hydrogen) atoms. The third-order valence-electron chi connectivity index (χ3n) is 5.17. The number of carboxylic acids is 1. The Hall–Kier alpha value is -2.40. The molecule has 1 aromatic heterocycles. The van der Waals surface area contributed by atoms with Gasteiger partial charge in [0.05, 0.1) is 11.1 Å². The molecule has 0 radical (unpaired) electrons. The normalized spacial score (nSPS) is 15.9. The summed E-state index contributed by atoms with van der Waals surface area (Å²) in [5.41, 5.74) is 2.45. The van der Waals surface area contributed by atoms with Crippen LogP contribution in [0.2, 0.25) is 0 Å². The number of aromatic nitrogens is 1. The fourth-order valence-electron chi connectivity index (χ4n) is 4.09. The van der Waals surface area contributed by atoms with Crippen LogP contribution < -0.4 is 0 Å². The molecule has 1 aliphatic heterocycles. The summed E-state index contributed by atoms with van der Waals surface area (Å²) in [6.07, 6.45) is 2.23. The number of benzene rings is 2. The Morgan fingerprint density at radius 3 is 2.72 bits per heavy atom. The topological polar surface area (TPSA) is 51.5 Å². The summed E-state index contributed by atoms with van der Waals surface area (Å²) in [6.45, 7) is 3.26. The lowest BCUT2D eigenvalue weighted by molar-refractivity contribution is 0.0692. The molecule has 1 saturated heterocycles. The largest absolute Gasteiger partial charge is 0.478 e. The quantitative estimate of drug-likeness (QED) is 0.760. The summed E-state index contributed by atoms with van der Waals surface area (Å²) in [6, 6.07) is 9.10. The number of aryl methyl sites for hydroxylation is 1. The van der Waals surface area contributed by atoms with E-state index in [4.69, 9.17) is 4.74 Å². The standard InChI is InChI=1S/C20H20FNO3/c1-2-13-15(20(23)24)11-16(21)18-14-5-3-4-6-17(14)22(19(13)18)12-7-9-25-10-8-12/h3-6,11-12H,2,7-10H2,1H3,(H,23,24). The van der Waals surface area contributed by atoms with Crippen molar-refractivity contribution in [2.45, 2.75) is 32.2 Å². The molecule has 0 atom stereocenters. The van der Waals surface area contributed by atoms with Gasteiger partial charge in [-0.25, -0.2) is 9.18 Å². The lowest BCUT2D eigenvalue weighted by Crippen LogP contribution is -2.20. The molecule has 3 aromatic rings. The van der Waals surface area contributed by atoms with Crippen molar-refractivity contribution in [1.29, 1.82) is 0 Å². The van der Waals surface area contributed by atoms with Gasteiger partial charge in [0, 0.05) is 35.5 Å².